The molecule has 1 amide bonds. The van der Waals surface area contributed by atoms with Gasteiger partial charge in [-0.05, 0) is 49.2 Å². The lowest BCUT2D eigenvalue weighted by Gasteiger charge is -2.16. The number of nitrogens with one attached hydrogen (secondary N) is 1. The minimum atomic E-state index is -0.00929. The molecule has 0 unspecified atom stereocenters. The zero-order valence-corrected chi connectivity index (χ0v) is 15.0. The number of para-hydroxylation sites is 3. The van der Waals surface area contributed by atoms with Crippen molar-refractivity contribution < 1.29 is 9.53 Å². The number of likely N-dealkylation sites (tertiary alicyclic amines) is 1. The first-order chi connectivity index (χ1) is 13.3. The first-order valence-electron chi connectivity index (χ1n) is 9.14. The van der Waals surface area contributed by atoms with E-state index in [2.05, 4.69) is 10.3 Å². The van der Waals surface area contributed by atoms with Crippen LogP contribution in [0, 0.1) is 0 Å². The zero-order valence-electron chi connectivity index (χ0n) is 15.0. The molecule has 0 atom stereocenters. The van der Waals surface area contributed by atoms with Gasteiger partial charge in [0.05, 0.1) is 5.69 Å². The molecule has 0 saturated carbocycles. The van der Waals surface area contributed by atoms with E-state index >= 15 is 0 Å². The molecule has 0 aliphatic carbocycles. The Morgan fingerprint density at radius 3 is 2.52 bits per heavy atom. The third kappa shape index (κ3) is 4.08. The largest absolute Gasteiger partial charge is 0.455 e. The van der Waals surface area contributed by atoms with Crippen LogP contribution in [-0.4, -0.2) is 28.9 Å². The Bertz CT molecular complexity index is 922. The van der Waals surface area contributed by atoms with Crippen LogP contribution >= 0.6 is 0 Å². The van der Waals surface area contributed by atoms with E-state index in [1.165, 1.54) is 0 Å². The zero-order chi connectivity index (χ0) is 18.5. The Hall–Kier alpha value is -3.34. The second kappa shape index (κ2) is 7.91. The maximum absolute atomic E-state index is 12.6. The van der Waals surface area contributed by atoms with Gasteiger partial charge in [0.2, 0.25) is 0 Å². The number of carbonyl (C=O) groups excluding carboxylic acids is 1. The van der Waals surface area contributed by atoms with Crippen molar-refractivity contribution in [3.63, 3.8) is 0 Å². The maximum Gasteiger partial charge on any atom is 0.272 e. The molecule has 1 aliphatic heterocycles. The molecule has 0 radical (unpaired) electrons. The van der Waals surface area contributed by atoms with Gasteiger partial charge in [-0.15, -0.1) is 0 Å². The smallest absolute Gasteiger partial charge is 0.272 e. The molecule has 5 heteroatoms. The summed E-state index contributed by atoms with van der Waals surface area (Å²) in [6.07, 6.45) is 3.79. The van der Waals surface area contributed by atoms with Crippen LogP contribution in [0.4, 0.5) is 11.4 Å². The summed E-state index contributed by atoms with van der Waals surface area (Å²) in [6.45, 7) is 1.62. The van der Waals surface area contributed by atoms with Crippen LogP contribution in [0.2, 0.25) is 0 Å². The van der Waals surface area contributed by atoms with E-state index in [1.54, 1.807) is 12.3 Å². The molecule has 2 aromatic carbocycles. The second-order valence-electron chi connectivity index (χ2n) is 6.47. The Morgan fingerprint density at radius 2 is 1.70 bits per heavy atom. The number of anilines is 2. The van der Waals surface area contributed by atoms with Crippen molar-refractivity contribution in [1.82, 2.24) is 9.88 Å². The molecular formula is C22H21N3O2. The fourth-order valence-electron chi connectivity index (χ4n) is 3.14. The van der Waals surface area contributed by atoms with Crippen molar-refractivity contribution >= 4 is 17.3 Å². The number of aromatic nitrogens is 1. The molecule has 0 spiro atoms. The van der Waals surface area contributed by atoms with Crippen LogP contribution in [0.5, 0.6) is 11.5 Å². The van der Waals surface area contributed by atoms with Gasteiger partial charge < -0.3 is 15.0 Å². The van der Waals surface area contributed by atoms with Crippen molar-refractivity contribution in [3.8, 4) is 11.5 Å². The quantitative estimate of drug-likeness (QED) is 0.707. The topological polar surface area (TPSA) is 54.5 Å². The normalized spacial score (nSPS) is 13.4. The fourth-order valence-corrected chi connectivity index (χ4v) is 3.14. The number of rotatable bonds is 5. The monoisotopic (exact) mass is 359 g/mol. The van der Waals surface area contributed by atoms with Crippen LogP contribution in [0.25, 0.3) is 0 Å². The highest BCUT2D eigenvalue weighted by Crippen LogP contribution is 2.31. The Balaban J connectivity index is 1.54. The summed E-state index contributed by atoms with van der Waals surface area (Å²) in [5.41, 5.74) is 2.09. The minimum Gasteiger partial charge on any atom is -0.455 e. The minimum absolute atomic E-state index is 0.00929. The predicted molar refractivity (Wildman–Crippen MR) is 106 cm³/mol. The lowest BCUT2D eigenvalue weighted by molar-refractivity contribution is 0.0787. The molecule has 1 aromatic heterocycles. The van der Waals surface area contributed by atoms with Crippen LogP contribution in [0.3, 0.4) is 0 Å². The molecular weight excluding hydrogens is 338 g/mol. The van der Waals surface area contributed by atoms with E-state index in [0.29, 0.717) is 11.4 Å². The molecule has 1 aliphatic rings. The van der Waals surface area contributed by atoms with Crippen LogP contribution in [0.15, 0.2) is 72.9 Å². The molecule has 1 saturated heterocycles. The number of hydrogen-bond acceptors (Lipinski definition) is 4. The van der Waals surface area contributed by atoms with E-state index in [0.717, 1.165) is 43.1 Å². The highest BCUT2D eigenvalue weighted by Gasteiger charge is 2.20. The van der Waals surface area contributed by atoms with Gasteiger partial charge >= 0.3 is 0 Å². The lowest BCUT2D eigenvalue weighted by Crippen LogP contribution is -2.28. The van der Waals surface area contributed by atoms with Crippen molar-refractivity contribution in [2.75, 3.05) is 18.4 Å². The van der Waals surface area contributed by atoms with E-state index in [4.69, 9.17) is 4.74 Å². The molecule has 0 bridgehead atoms. The van der Waals surface area contributed by atoms with Crippen molar-refractivity contribution in [3.05, 3.63) is 78.6 Å². The summed E-state index contributed by atoms with van der Waals surface area (Å²) in [6, 6.07) is 21.0. The van der Waals surface area contributed by atoms with Crippen molar-refractivity contribution in [1.29, 1.82) is 0 Å². The molecule has 5 nitrogen and oxygen atoms in total. The fraction of sp³-hybridized carbons (Fsp3) is 0.182. The van der Waals surface area contributed by atoms with Gasteiger partial charge in [0, 0.05) is 25.0 Å². The van der Waals surface area contributed by atoms with E-state index in [9.17, 15) is 4.79 Å². The number of nitrogens with zero attached hydrogens (tertiary/aromatic N) is 2. The predicted octanol–water partition coefficient (Wildman–Crippen LogP) is 4.85. The maximum atomic E-state index is 12.6. The Morgan fingerprint density at radius 1 is 0.963 bits per heavy atom. The van der Waals surface area contributed by atoms with Crippen LogP contribution in [0.1, 0.15) is 23.3 Å². The van der Waals surface area contributed by atoms with Gasteiger partial charge in [-0.2, -0.15) is 0 Å². The van der Waals surface area contributed by atoms with E-state index < -0.39 is 0 Å². The number of pyridine rings is 1. The van der Waals surface area contributed by atoms with Gasteiger partial charge in [-0.1, -0.05) is 30.3 Å². The first kappa shape index (κ1) is 17.1. The first-order valence-corrected chi connectivity index (χ1v) is 9.14. The average molecular weight is 359 g/mol. The van der Waals surface area contributed by atoms with E-state index in [1.807, 2.05) is 65.6 Å². The standard InChI is InChI=1S/C22H21N3O2/c26-22(25-14-6-7-15-25)20-16-17(12-13-23-20)24-19-10-4-5-11-21(19)27-18-8-2-1-3-9-18/h1-5,8-13,16H,6-7,14-15H2,(H,23,24). The summed E-state index contributed by atoms with van der Waals surface area (Å²) in [7, 11) is 0. The molecule has 136 valence electrons. The van der Waals surface area contributed by atoms with Crippen molar-refractivity contribution in [2.24, 2.45) is 0 Å². The average Bonchev–Trinajstić information content (AvgIpc) is 3.25. The highest BCUT2D eigenvalue weighted by molar-refractivity contribution is 5.93. The van der Waals surface area contributed by atoms with Gasteiger partial charge in [0.25, 0.3) is 5.91 Å². The van der Waals surface area contributed by atoms with Gasteiger partial charge in [0.1, 0.15) is 11.4 Å². The molecule has 1 N–H and O–H groups in total. The highest BCUT2D eigenvalue weighted by atomic mass is 16.5. The number of carbonyl (C=O) groups is 1. The summed E-state index contributed by atoms with van der Waals surface area (Å²) >= 11 is 0. The summed E-state index contributed by atoms with van der Waals surface area (Å²) in [5, 5.41) is 3.34. The van der Waals surface area contributed by atoms with Crippen molar-refractivity contribution in [2.45, 2.75) is 12.8 Å². The van der Waals surface area contributed by atoms with E-state index in [-0.39, 0.29) is 5.91 Å². The van der Waals surface area contributed by atoms with Gasteiger partial charge in [-0.3, -0.25) is 9.78 Å². The number of ether oxygens (including phenoxy) is 1. The summed E-state index contributed by atoms with van der Waals surface area (Å²) < 4.78 is 5.99. The third-order valence-electron chi connectivity index (χ3n) is 4.51. The molecule has 3 aromatic rings. The number of hydrogen-bond donors (Lipinski definition) is 1. The Kier molecular flexibility index (Phi) is 5.01. The van der Waals surface area contributed by atoms with Gasteiger partial charge in [-0.25, -0.2) is 0 Å². The number of amides is 1. The molecule has 4 rings (SSSR count). The molecule has 27 heavy (non-hydrogen) atoms. The lowest BCUT2D eigenvalue weighted by atomic mass is 10.2. The SMILES string of the molecule is O=C(c1cc(Nc2ccccc2Oc2ccccc2)ccn1)N1CCCC1. The third-order valence-corrected chi connectivity index (χ3v) is 4.51. The summed E-state index contributed by atoms with van der Waals surface area (Å²) in [4.78, 5) is 18.7. The molecule has 2 heterocycles. The molecule has 1 fully saturated rings. The van der Waals surface area contributed by atoms with Crippen LogP contribution in [-0.2, 0) is 0 Å². The van der Waals surface area contributed by atoms with Crippen LogP contribution < -0.4 is 10.1 Å². The Labute approximate surface area is 158 Å². The van der Waals surface area contributed by atoms with Gasteiger partial charge in [0.15, 0.2) is 5.75 Å². The second-order valence-corrected chi connectivity index (χ2v) is 6.47. The number of benzene rings is 2. The summed E-state index contributed by atoms with van der Waals surface area (Å²) in [5.74, 6) is 1.48.